The summed E-state index contributed by atoms with van der Waals surface area (Å²) in [6.07, 6.45) is 0.562. The Labute approximate surface area is 116 Å². The predicted octanol–water partition coefficient (Wildman–Crippen LogP) is 1.84. The largest absolute Gasteiger partial charge is 0.378 e. The molecule has 1 amide bonds. The average Bonchev–Trinajstić information content (AvgIpc) is 2.47. The maximum Gasteiger partial charge on any atom is 0.255 e. The third-order valence-electron chi connectivity index (χ3n) is 3.42. The molecule has 2 aliphatic rings. The number of carbonyl (C=O) groups excluding carboxylic acids is 2. The number of ketones is 1. The zero-order chi connectivity index (χ0) is 13.2. The molecule has 0 spiro atoms. The smallest absolute Gasteiger partial charge is 0.255 e. The number of carbonyl (C=O) groups is 2. The van der Waals surface area contributed by atoms with Gasteiger partial charge in [-0.2, -0.15) is 0 Å². The fourth-order valence-electron chi connectivity index (χ4n) is 2.40. The second-order valence-electron chi connectivity index (χ2n) is 4.61. The highest BCUT2D eigenvalue weighted by atomic mass is 32.2. The van der Waals surface area contributed by atoms with Crippen LogP contribution in [0.25, 0.3) is 0 Å². The summed E-state index contributed by atoms with van der Waals surface area (Å²) in [4.78, 5) is 27.1. The number of ether oxygens (including phenoxy) is 1. The molecule has 100 valence electrons. The lowest BCUT2D eigenvalue weighted by molar-refractivity contribution is 0.0300. The van der Waals surface area contributed by atoms with Crippen LogP contribution in [-0.4, -0.2) is 48.6 Å². The molecule has 5 heteroatoms. The van der Waals surface area contributed by atoms with Crippen molar-refractivity contribution in [3.63, 3.8) is 0 Å². The summed E-state index contributed by atoms with van der Waals surface area (Å²) in [6.45, 7) is 2.43. The highest BCUT2D eigenvalue weighted by molar-refractivity contribution is 7.99. The van der Waals surface area contributed by atoms with Crippen molar-refractivity contribution in [1.29, 1.82) is 0 Å². The minimum Gasteiger partial charge on any atom is -0.378 e. The number of morpholine rings is 1. The molecule has 0 atom stereocenters. The number of fused-ring (bicyclic) bond motifs is 1. The van der Waals surface area contributed by atoms with Gasteiger partial charge in [0.25, 0.3) is 5.91 Å². The van der Waals surface area contributed by atoms with E-state index < -0.39 is 0 Å². The van der Waals surface area contributed by atoms with E-state index in [0.717, 1.165) is 10.6 Å². The molecule has 2 aliphatic heterocycles. The summed E-state index contributed by atoms with van der Waals surface area (Å²) < 4.78 is 5.26. The Morgan fingerprint density at radius 3 is 2.84 bits per heavy atom. The van der Waals surface area contributed by atoms with Crippen molar-refractivity contribution in [3.8, 4) is 0 Å². The van der Waals surface area contributed by atoms with Crippen molar-refractivity contribution in [2.45, 2.75) is 11.3 Å². The van der Waals surface area contributed by atoms with Crippen LogP contribution in [0.4, 0.5) is 0 Å². The molecule has 1 saturated heterocycles. The van der Waals surface area contributed by atoms with E-state index in [1.807, 2.05) is 12.1 Å². The lowest BCUT2D eigenvalue weighted by Gasteiger charge is -2.28. The standard InChI is InChI=1S/C14H15NO3S/c16-12-4-9-19-13-10(12)2-1-3-11(13)14(17)15-5-7-18-8-6-15/h1-3H,4-9H2. The van der Waals surface area contributed by atoms with Gasteiger partial charge in [-0.25, -0.2) is 0 Å². The summed E-state index contributed by atoms with van der Waals surface area (Å²) >= 11 is 1.61. The van der Waals surface area contributed by atoms with Crippen molar-refractivity contribution in [2.75, 3.05) is 32.1 Å². The van der Waals surface area contributed by atoms with Gasteiger partial charge in [0.2, 0.25) is 0 Å². The Kier molecular flexibility index (Phi) is 3.57. The number of hydrogen-bond donors (Lipinski definition) is 0. The van der Waals surface area contributed by atoms with E-state index in [-0.39, 0.29) is 11.7 Å². The Morgan fingerprint density at radius 1 is 1.26 bits per heavy atom. The van der Waals surface area contributed by atoms with Crippen molar-refractivity contribution in [2.24, 2.45) is 0 Å². The molecule has 4 nitrogen and oxygen atoms in total. The van der Waals surface area contributed by atoms with Crippen LogP contribution < -0.4 is 0 Å². The first-order valence-electron chi connectivity index (χ1n) is 6.43. The molecule has 0 radical (unpaired) electrons. The third-order valence-corrected chi connectivity index (χ3v) is 4.56. The van der Waals surface area contributed by atoms with Crippen LogP contribution in [-0.2, 0) is 4.74 Å². The molecule has 1 aromatic carbocycles. The lowest BCUT2D eigenvalue weighted by atomic mass is 10.0. The third kappa shape index (κ3) is 2.40. The molecule has 1 aromatic rings. The zero-order valence-corrected chi connectivity index (χ0v) is 11.4. The van der Waals surface area contributed by atoms with Crippen molar-refractivity contribution >= 4 is 23.5 Å². The minimum atomic E-state index is 0.0161. The van der Waals surface area contributed by atoms with Gasteiger partial charge in [-0.15, -0.1) is 11.8 Å². The molecular formula is C14H15NO3S. The van der Waals surface area contributed by atoms with Gasteiger partial charge in [0.15, 0.2) is 5.78 Å². The molecule has 3 rings (SSSR count). The first-order valence-corrected chi connectivity index (χ1v) is 7.42. The highest BCUT2D eigenvalue weighted by Crippen LogP contribution is 2.33. The quantitative estimate of drug-likeness (QED) is 0.786. The fourth-order valence-corrected chi connectivity index (χ4v) is 3.54. The first kappa shape index (κ1) is 12.7. The van der Waals surface area contributed by atoms with Gasteiger partial charge in [-0.3, -0.25) is 9.59 Å². The number of thioether (sulfide) groups is 1. The molecule has 19 heavy (non-hydrogen) atoms. The van der Waals surface area contributed by atoms with Gasteiger partial charge in [0, 0.05) is 35.7 Å². The summed E-state index contributed by atoms with van der Waals surface area (Å²) in [5.41, 5.74) is 1.37. The molecule has 0 bridgehead atoms. The van der Waals surface area contributed by atoms with Crippen LogP contribution in [0, 0.1) is 0 Å². The maximum absolute atomic E-state index is 12.5. The molecule has 0 N–H and O–H groups in total. The van der Waals surface area contributed by atoms with Gasteiger partial charge in [0.05, 0.1) is 18.8 Å². The molecule has 2 heterocycles. The lowest BCUT2D eigenvalue weighted by Crippen LogP contribution is -2.41. The summed E-state index contributed by atoms with van der Waals surface area (Å²) in [6, 6.07) is 5.44. The molecular weight excluding hydrogens is 262 g/mol. The van der Waals surface area contributed by atoms with Gasteiger partial charge in [0.1, 0.15) is 0 Å². The number of hydrogen-bond acceptors (Lipinski definition) is 4. The van der Waals surface area contributed by atoms with E-state index in [4.69, 9.17) is 4.74 Å². The van der Waals surface area contributed by atoms with Crippen LogP contribution in [0.1, 0.15) is 27.1 Å². The summed E-state index contributed by atoms with van der Waals surface area (Å²) in [7, 11) is 0. The van der Waals surface area contributed by atoms with E-state index in [2.05, 4.69) is 0 Å². The number of nitrogens with zero attached hydrogens (tertiary/aromatic N) is 1. The summed E-state index contributed by atoms with van der Waals surface area (Å²) in [5, 5.41) is 0. The maximum atomic E-state index is 12.5. The number of Topliss-reactive ketones (excluding diaryl/α,β-unsaturated/α-hetero) is 1. The van der Waals surface area contributed by atoms with Crippen LogP contribution in [0.2, 0.25) is 0 Å². The minimum absolute atomic E-state index is 0.0161. The SMILES string of the molecule is O=C1CCSc2c1cccc2C(=O)N1CCOCC1. The van der Waals surface area contributed by atoms with Gasteiger partial charge in [-0.1, -0.05) is 12.1 Å². The van der Waals surface area contributed by atoms with E-state index in [1.54, 1.807) is 22.7 Å². The van der Waals surface area contributed by atoms with Crippen molar-refractivity contribution in [3.05, 3.63) is 29.3 Å². The molecule has 0 aromatic heterocycles. The molecule has 1 fully saturated rings. The van der Waals surface area contributed by atoms with E-state index in [1.165, 1.54) is 0 Å². The van der Waals surface area contributed by atoms with Crippen molar-refractivity contribution < 1.29 is 14.3 Å². The van der Waals surface area contributed by atoms with Gasteiger partial charge in [-0.05, 0) is 6.07 Å². The van der Waals surface area contributed by atoms with E-state index in [9.17, 15) is 9.59 Å². The summed E-state index contributed by atoms with van der Waals surface area (Å²) in [5.74, 6) is 0.923. The Balaban J connectivity index is 1.94. The van der Waals surface area contributed by atoms with Crippen LogP contribution in [0.5, 0.6) is 0 Å². The topological polar surface area (TPSA) is 46.6 Å². The monoisotopic (exact) mass is 277 g/mol. The second-order valence-corrected chi connectivity index (χ2v) is 5.71. The molecule has 0 unspecified atom stereocenters. The van der Waals surface area contributed by atoms with Crippen LogP contribution in [0.15, 0.2) is 23.1 Å². The number of benzene rings is 1. The Morgan fingerprint density at radius 2 is 2.05 bits per heavy atom. The molecule has 0 saturated carbocycles. The van der Waals surface area contributed by atoms with Crippen LogP contribution in [0.3, 0.4) is 0 Å². The Bertz CT molecular complexity index is 523. The number of amides is 1. The number of rotatable bonds is 1. The van der Waals surface area contributed by atoms with Crippen molar-refractivity contribution in [1.82, 2.24) is 4.90 Å². The highest BCUT2D eigenvalue weighted by Gasteiger charge is 2.26. The van der Waals surface area contributed by atoms with Crippen LogP contribution >= 0.6 is 11.8 Å². The average molecular weight is 277 g/mol. The van der Waals surface area contributed by atoms with E-state index >= 15 is 0 Å². The Hall–Kier alpha value is -1.33. The van der Waals surface area contributed by atoms with E-state index in [0.29, 0.717) is 43.9 Å². The van der Waals surface area contributed by atoms with Gasteiger partial charge >= 0.3 is 0 Å². The normalized spacial score (nSPS) is 19.2. The molecule has 0 aliphatic carbocycles. The fraction of sp³-hybridized carbons (Fsp3) is 0.429. The second kappa shape index (κ2) is 5.35. The zero-order valence-electron chi connectivity index (χ0n) is 10.6. The first-order chi connectivity index (χ1) is 9.27. The predicted molar refractivity (Wildman–Crippen MR) is 72.8 cm³/mol. The van der Waals surface area contributed by atoms with Gasteiger partial charge < -0.3 is 9.64 Å².